The van der Waals surface area contributed by atoms with Crippen LogP contribution >= 0.6 is 38.9 Å². The maximum Gasteiger partial charge on any atom is 0.149 e. The Labute approximate surface area is 111 Å². The first-order chi connectivity index (χ1) is 7.66. The van der Waals surface area contributed by atoms with Crippen LogP contribution in [0.4, 0.5) is 11.5 Å². The fraction of sp³-hybridized carbons (Fsp3) is 0.100. The van der Waals surface area contributed by atoms with Crippen LogP contribution in [0.15, 0.2) is 28.2 Å². The van der Waals surface area contributed by atoms with Gasteiger partial charge in [0.15, 0.2) is 0 Å². The van der Waals surface area contributed by atoms with E-state index in [1.165, 1.54) is 4.88 Å². The van der Waals surface area contributed by atoms with Crippen molar-refractivity contribution in [2.24, 2.45) is 0 Å². The van der Waals surface area contributed by atoms with Crippen LogP contribution < -0.4 is 11.1 Å². The maximum absolute atomic E-state index is 5.78. The van der Waals surface area contributed by atoms with Crippen molar-refractivity contribution in [3.63, 3.8) is 0 Å². The average Bonchev–Trinajstić information content (AvgIpc) is 2.63. The van der Waals surface area contributed by atoms with E-state index in [-0.39, 0.29) is 0 Å². The van der Waals surface area contributed by atoms with Crippen molar-refractivity contribution in [3.05, 3.63) is 38.1 Å². The van der Waals surface area contributed by atoms with Gasteiger partial charge in [0, 0.05) is 15.5 Å². The van der Waals surface area contributed by atoms with Gasteiger partial charge in [-0.3, -0.25) is 0 Å². The number of pyridine rings is 1. The number of nitrogens with zero attached hydrogens (tertiary/aromatic N) is 1. The fourth-order valence-corrected chi connectivity index (χ4v) is 2.82. The summed E-state index contributed by atoms with van der Waals surface area (Å²) in [7, 11) is 0. The summed E-state index contributed by atoms with van der Waals surface area (Å²) in [5.74, 6) is 0.657. The molecule has 0 amide bonds. The van der Waals surface area contributed by atoms with Gasteiger partial charge in [-0.15, -0.1) is 11.3 Å². The number of aromatic nitrogens is 1. The number of nitrogens with two attached hydrogens (primary N) is 1. The zero-order valence-electron chi connectivity index (χ0n) is 8.21. The molecule has 0 aliphatic heterocycles. The molecule has 3 nitrogen and oxygen atoms in total. The predicted molar refractivity (Wildman–Crippen MR) is 73.0 cm³/mol. The first-order valence-corrected chi connectivity index (χ1v) is 6.58. The lowest BCUT2D eigenvalue weighted by Crippen LogP contribution is -2.03. The van der Waals surface area contributed by atoms with E-state index in [0.717, 1.165) is 4.47 Å². The van der Waals surface area contributed by atoms with E-state index in [1.54, 1.807) is 23.6 Å². The van der Waals surface area contributed by atoms with E-state index in [1.807, 2.05) is 11.4 Å². The number of thiophene rings is 1. The van der Waals surface area contributed by atoms with E-state index in [2.05, 4.69) is 26.2 Å². The highest BCUT2D eigenvalue weighted by Gasteiger charge is 2.04. The molecule has 0 bridgehead atoms. The Morgan fingerprint density at radius 3 is 3.00 bits per heavy atom. The number of hydrogen-bond acceptors (Lipinski definition) is 4. The third-order valence-electron chi connectivity index (χ3n) is 1.99. The second-order valence-electron chi connectivity index (χ2n) is 3.14. The summed E-state index contributed by atoms with van der Waals surface area (Å²) in [6.07, 6.45) is 1.57. The van der Waals surface area contributed by atoms with Crippen molar-refractivity contribution in [1.82, 2.24) is 4.98 Å². The smallest absolute Gasteiger partial charge is 0.149 e. The van der Waals surface area contributed by atoms with Crippen LogP contribution in [-0.2, 0) is 6.54 Å². The molecule has 0 atom stereocenters. The van der Waals surface area contributed by atoms with E-state index in [0.29, 0.717) is 23.1 Å². The molecular weight excluding hydrogens is 310 g/mol. The highest BCUT2D eigenvalue weighted by molar-refractivity contribution is 9.10. The molecule has 0 radical (unpaired) electrons. The Kier molecular flexibility index (Phi) is 3.68. The molecule has 0 saturated heterocycles. The fourth-order valence-electron chi connectivity index (χ4n) is 1.22. The number of anilines is 2. The van der Waals surface area contributed by atoms with Crippen LogP contribution in [0.5, 0.6) is 0 Å². The molecule has 16 heavy (non-hydrogen) atoms. The minimum Gasteiger partial charge on any atom is -0.396 e. The summed E-state index contributed by atoms with van der Waals surface area (Å²) in [5, 5.41) is 5.74. The van der Waals surface area contributed by atoms with Gasteiger partial charge in [-0.2, -0.15) is 0 Å². The first-order valence-electron chi connectivity index (χ1n) is 4.53. The van der Waals surface area contributed by atoms with Crippen LogP contribution in [-0.4, -0.2) is 4.98 Å². The van der Waals surface area contributed by atoms with Gasteiger partial charge in [-0.1, -0.05) is 11.6 Å². The largest absolute Gasteiger partial charge is 0.396 e. The van der Waals surface area contributed by atoms with Gasteiger partial charge in [0.25, 0.3) is 0 Å². The molecule has 0 aromatic carbocycles. The summed E-state index contributed by atoms with van der Waals surface area (Å²) >= 11 is 10.9. The molecule has 3 N–H and O–H groups in total. The van der Waals surface area contributed by atoms with E-state index >= 15 is 0 Å². The van der Waals surface area contributed by atoms with E-state index in [9.17, 15) is 0 Å². The minimum absolute atomic E-state index is 0.542. The lowest BCUT2D eigenvalue weighted by Gasteiger charge is -2.07. The molecule has 2 rings (SSSR count). The normalized spacial score (nSPS) is 10.4. The standard InChI is InChI=1S/C10H9BrClN3S/c11-7-1-2-16-9(7)5-15-10-8(13)3-6(12)4-14-10/h1-4H,5,13H2,(H,14,15). The molecule has 0 fully saturated rings. The van der Waals surface area contributed by atoms with Crippen LogP contribution in [0.1, 0.15) is 4.88 Å². The zero-order chi connectivity index (χ0) is 11.5. The highest BCUT2D eigenvalue weighted by atomic mass is 79.9. The number of rotatable bonds is 3. The number of nitrogen functional groups attached to an aromatic ring is 1. The van der Waals surface area contributed by atoms with Crippen molar-refractivity contribution in [3.8, 4) is 0 Å². The van der Waals surface area contributed by atoms with Crippen molar-refractivity contribution < 1.29 is 0 Å². The second-order valence-corrected chi connectivity index (χ2v) is 5.43. The van der Waals surface area contributed by atoms with Gasteiger partial charge < -0.3 is 11.1 Å². The SMILES string of the molecule is Nc1cc(Cl)cnc1NCc1sccc1Br. The van der Waals surface area contributed by atoms with E-state index in [4.69, 9.17) is 17.3 Å². The van der Waals surface area contributed by atoms with Crippen LogP contribution in [0.2, 0.25) is 5.02 Å². The molecule has 2 heterocycles. The van der Waals surface area contributed by atoms with Gasteiger partial charge in [-0.25, -0.2) is 4.98 Å². The van der Waals surface area contributed by atoms with Crippen LogP contribution in [0.3, 0.4) is 0 Å². The summed E-state index contributed by atoms with van der Waals surface area (Å²) in [6, 6.07) is 3.70. The molecule has 0 aliphatic carbocycles. The summed E-state index contributed by atoms with van der Waals surface area (Å²) in [5.41, 5.74) is 6.34. The van der Waals surface area contributed by atoms with Crippen molar-refractivity contribution >= 4 is 50.4 Å². The molecule has 0 aliphatic rings. The quantitative estimate of drug-likeness (QED) is 0.906. The zero-order valence-corrected chi connectivity index (χ0v) is 11.4. The Hall–Kier alpha value is -0.780. The molecular formula is C10H9BrClN3S. The lowest BCUT2D eigenvalue weighted by atomic mass is 10.4. The summed E-state index contributed by atoms with van der Waals surface area (Å²) in [6.45, 7) is 0.692. The monoisotopic (exact) mass is 317 g/mol. The predicted octanol–water partition coefficient (Wildman–Crippen LogP) is 3.75. The maximum atomic E-state index is 5.78. The van der Waals surface area contributed by atoms with Gasteiger partial charge in [-0.05, 0) is 33.4 Å². The van der Waals surface area contributed by atoms with Crippen molar-refractivity contribution in [2.45, 2.75) is 6.54 Å². The third-order valence-corrected chi connectivity index (χ3v) is 4.12. The minimum atomic E-state index is 0.542. The molecule has 2 aromatic heterocycles. The van der Waals surface area contributed by atoms with Crippen molar-refractivity contribution in [2.75, 3.05) is 11.1 Å². The Balaban J connectivity index is 2.08. The van der Waals surface area contributed by atoms with E-state index < -0.39 is 0 Å². The molecule has 0 saturated carbocycles. The van der Waals surface area contributed by atoms with Gasteiger partial charge >= 0.3 is 0 Å². The third kappa shape index (κ3) is 2.66. The van der Waals surface area contributed by atoms with Gasteiger partial charge in [0.05, 0.1) is 17.3 Å². The van der Waals surface area contributed by atoms with Crippen LogP contribution in [0, 0.1) is 0 Å². The van der Waals surface area contributed by atoms with Crippen LogP contribution in [0.25, 0.3) is 0 Å². The second kappa shape index (κ2) is 5.03. The first kappa shape index (κ1) is 11.7. The number of nitrogens with one attached hydrogen (secondary N) is 1. The van der Waals surface area contributed by atoms with Crippen molar-refractivity contribution in [1.29, 1.82) is 0 Å². The molecule has 2 aromatic rings. The Morgan fingerprint density at radius 1 is 1.56 bits per heavy atom. The highest BCUT2D eigenvalue weighted by Crippen LogP contribution is 2.25. The molecule has 0 unspecified atom stereocenters. The molecule has 6 heteroatoms. The summed E-state index contributed by atoms with van der Waals surface area (Å²) in [4.78, 5) is 5.33. The molecule has 0 spiro atoms. The average molecular weight is 319 g/mol. The topological polar surface area (TPSA) is 50.9 Å². The number of hydrogen-bond donors (Lipinski definition) is 2. The Bertz CT molecular complexity index is 501. The molecule has 84 valence electrons. The summed E-state index contributed by atoms with van der Waals surface area (Å²) < 4.78 is 1.09. The van der Waals surface area contributed by atoms with Gasteiger partial charge in [0.2, 0.25) is 0 Å². The van der Waals surface area contributed by atoms with Gasteiger partial charge in [0.1, 0.15) is 5.82 Å². The Morgan fingerprint density at radius 2 is 2.38 bits per heavy atom. The number of halogens is 2. The lowest BCUT2D eigenvalue weighted by molar-refractivity contribution is 1.14.